The second-order valence-electron chi connectivity index (χ2n) is 6.40. The van der Waals surface area contributed by atoms with Gasteiger partial charge in [0.1, 0.15) is 6.04 Å². The second kappa shape index (κ2) is 6.39. The van der Waals surface area contributed by atoms with Crippen LogP contribution in [0.15, 0.2) is 0 Å². The molecule has 0 aromatic heterocycles. The molecule has 100 valence electrons. The van der Waals surface area contributed by atoms with E-state index in [0.717, 1.165) is 19.3 Å². The summed E-state index contributed by atoms with van der Waals surface area (Å²) in [4.78, 5) is 11.8. The number of esters is 1. The van der Waals surface area contributed by atoms with Gasteiger partial charge in [0.25, 0.3) is 0 Å². The van der Waals surface area contributed by atoms with Crippen molar-refractivity contribution < 1.29 is 9.53 Å². The molecule has 1 atom stereocenters. The number of carbonyl (C=O) groups excluding carboxylic acids is 1. The van der Waals surface area contributed by atoms with E-state index >= 15 is 0 Å². The zero-order valence-corrected chi connectivity index (χ0v) is 11.5. The molecular formula is C14H27NO2. The van der Waals surface area contributed by atoms with Gasteiger partial charge in [0.2, 0.25) is 0 Å². The minimum Gasteiger partial charge on any atom is -0.465 e. The summed E-state index contributed by atoms with van der Waals surface area (Å²) in [6.45, 7) is 6.91. The third-order valence-electron chi connectivity index (χ3n) is 3.53. The van der Waals surface area contributed by atoms with Crippen LogP contribution in [0.3, 0.4) is 0 Å². The zero-order valence-electron chi connectivity index (χ0n) is 11.5. The Balaban J connectivity index is 2.26. The van der Waals surface area contributed by atoms with Crippen molar-refractivity contribution >= 4 is 5.97 Å². The monoisotopic (exact) mass is 241 g/mol. The van der Waals surface area contributed by atoms with Crippen molar-refractivity contribution in [2.24, 2.45) is 17.1 Å². The van der Waals surface area contributed by atoms with Crippen LogP contribution < -0.4 is 5.73 Å². The van der Waals surface area contributed by atoms with Gasteiger partial charge < -0.3 is 10.5 Å². The highest BCUT2D eigenvalue weighted by molar-refractivity contribution is 5.75. The summed E-state index contributed by atoms with van der Waals surface area (Å²) in [5.41, 5.74) is 6.17. The fourth-order valence-corrected chi connectivity index (χ4v) is 2.24. The van der Waals surface area contributed by atoms with Crippen LogP contribution in [0.2, 0.25) is 0 Å². The SMILES string of the molecule is CC(C)(C)CCOC(=O)C(N)C1CCCCC1. The first-order valence-electron chi connectivity index (χ1n) is 6.82. The van der Waals surface area contributed by atoms with Crippen LogP contribution in [0.1, 0.15) is 59.3 Å². The minimum absolute atomic E-state index is 0.204. The minimum atomic E-state index is -0.407. The van der Waals surface area contributed by atoms with Crippen LogP contribution in [0, 0.1) is 11.3 Å². The van der Waals surface area contributed by atoms with Crippen molar-refractivity contribution in [2.45, 2.75) is 65.3 Å². The van der Waals surface area contributed by atoms with E-state index in [4.69, 9.17) is 10.5 Å². The molecule has 0 spiro atoms. The topological polar surface area (TPSA) is 52.3 Å². The largest absolute Gasteiger partial charge is 0.465 e. The van der Waals surface area contributed by atoms with Crippen molar-refractivity contribution in [3.05, 3.63) is 0 Å². The van der Waals surface area contributed by atoms with Gasteiger partial charge in [-0.25, -0.2) is 0 Å². The van der Waals surface area contributed by atoms with Gasteiger partial charge in [-0.15, -0.1) is 0 Å². The van der Waals surface area contributed by atoms with Crippen LogP contribution in [0.5, 0.6) is 0 Å². The van der Waals surface area contributed by atoms with E-state index in [0.29, 0.717) is 12.5 Å². The molecule has 0 radical (unpaired) electrons. The molecule has 1 saturated carbocycles. The molecule has 3 nitrogen and oxygen atoms in total. The van der Waals surface area contributed by atoms with Gasteiger partial charge in [-0.1, -0.05) is 40.0 Å². The molecule has 1 aliphatic carbocycles. The van der Waals surface area contributed by atoms with E-state index in [-0.39, 0.29) is 11.4 Å². The average Bonchev–Trinajstić information content (AvgIpc) is 2.27. The normalized spacial score (nSPS) is 20.0. The predicted octanol–water partition coefficient (Wildman–Crippen LogP) is 2.87. The highest BCUT2D eigenvalue weighted by Gasteiger charge is 2.27. The van der Waals surface area contributed by atoms with Crippen LogP contribution in [0.25, 0.3) is 0 Å². The lowest BCUT2D eigenvalue weighted by molar-refractivity contribution is -0.147. The van der Waals surface area contributed by atoms with Crippen LogP contribution in [-0.4, -0.2) is 18.6 Å². The number of hydrogen-bond acceptors (Lipinski definition) is 3. The average molecular weight is 241 g/mol. The smallest absolute Gasteiger partial charge is 0.323 e. The maximum absolute atomic E-state index is 11.8. The molecule has 1 rings (SSSR count). The van der Waals surface area contributed by atoms with Crippen molar-refractivity contribution in [3.63, 3.8) is 0 Å². The van der Waals surface area contributed by atoms with Crippen LogP contribution >= 0.6 is 0 Å². The maximum Gasteiger partial charge on any atom is 0.323 e. The molecule has 0 aliphatic heterocycles. The highest BCUT2D eigenvalue weighted by atomic mass is 16.5. The number of rotatable bonds is 4. The van der Waals surface area contributed by atoms with Crippen molar-refractivity contribution in [1.29, 1.82) is 0 Å². The fraction of sp³-hybridized carbons (Fsp3) is 0.929. The lowest BCUT2D eigenvalue weighted by atomic mass is 9.84. The zero-order chi connectivity index (χ0) is 12.9. The Morgan fingerprint density at radius 3 is 2.41 bits per heavy atom. The molecular weight excluding hydrogens is 214 g/mol. The predicted molar refractivity (Wildman–Crippen MR) is 69.6 cm³/mol. The molecule has 3 heteroatoms. The van der Waals surface area contributed by atoms with Crippen LogP contribution in [-0.2, 0) is 9.53 Å². The molecule has 2 N–H and O–H groups in total. The van der Waals surface area contributed by atoms with Crippen LogP contribution in [0.4, 0.5) is 0 Å². The molecule has 1 fully saturated rings. The first kappa shape index (κ1) is 14.5. The fourth-order valence-electron chi connectivity index (χ4n) is 2.24. The van der Waals surface area contributed by atoms with Gasteiger partial charge in [0, 0.05) is 0 Å². The van der Waals surface area contributed by atoms with E-state index in [1.807, 2.05) is 0 Å². The molecule has 0 saturated heterocycles. The molecule has 1 unspecified atom stereocenters. The Bertz CT molecular complexity index is 239. The number of hydrogen-bond donors (Lipinski definition) is 1. The quantitative estimate of drug-likeness (QED) is 0.770. The molecule has 0 aromatic rings. The Morgan fingerprint density at radius 2 is 1.88 bits per heavy atom. The number of carbonyl (C=O) groups is 1. The van der Waals surface area contributed by atoms with E-state index in [1.165, 1.54) is 19.3 Å². The Hall–Kier alpha value is -0.570. The van der Waals surface area contributed by atoms with E-state index in [2.05, 4.69) is 20.8 Å². The van der Waals surface area contributed by atoms with E-state index in [1.54, 1.807) is 0 Å². The van der Waals surface area contributed by atoms with Gasteiger partial charge >= 0.3 is 5.97 Å². The van der Waals surface area contributed by atoms with E-state index < -0.39 is 6.04 Å². The Kier molecular flexibility index (Phi) is 5.44. The standard InChI is InChI=1S/C14H27NO2/c1-14(2,3)9-10-17-13(16)12(15)11-7-5-4-6-8-11/h11-12H,4-10,15H2,1-3H3. The molecule has 0 amide bonds. The molecule has 0 heterocycles. The Morgan fingerprint density at radius 1 is 1.29 bits per heavy atom. The highest BCUT2D eigenvalue weighted by Crippen LogP contribution is 2.26. The lowest BCUT2D eigenvalue weighted by Crippen LogP contribution is -2.40. The van der Waals surface area contributed by atoms with Gasteiger partial charge in [0.05, 0.1) is 6.61 Å². The molecule has 17 heavy (non-hydrogen) atoms. The number of nitrogens with two attached hydrogens (primary N) is 1. The first-order valence-corrected chi connectivity index (χ1v) is 6.82. The molecule has 0 aromatic carbocycles. The van der Waals surface area contributed by atoms with Gasteiger partial charge in [-0.2, -0.15) is 0 Å². The summed E-state index contributed by atoms with van der Waals surface area (Å²) in [5, 5.41) is 0. The van der Waals surface area contributed by atoms with Crippen molar-refractivity contribution in [1.82, 2.24) is 0 Å². The van der Waals surface area contributed by atoms with Crippen molar-refractivity contribution in [2.75, 3.05) is 6.61 Å². The van der Waals surface area contributed by atoms with Gasteiger partial charge in [-0.05, 0) is 30.6 Å². The maximum atomic E-state index is 11.8. The van der Waals surface area contributed by atoms with Crippen molar-refractivity contribution in [3.8, 4) is 0 Å². The summed E-state index contributed by atoms with van der Waals surface area (Å²) in [6.07, 6.45) is 6.73. The third kappa shape index (κ3) is 5.53. The summed E-state index contributed by atoms with van der Waals surface area (Å²) in [5.74, 6) is 0.132. The van der Waals surface area contributed by atoms with E-state index in [9.17, 15) is 4.79 Å². The summed E-state index contributed by atoms with van der Waals surface area (Å²) >= 11 is 0. The third-order valence-corrected chi connectivity index (χ3v) is 3.53. The summed E-state index contributed by atoms with van der Waals surface area (Å²) < 4.78 is 5.27. The summed E-state index contributed by atoms with van der Waals surface area (Å²) in [7, 11) is 0. The molecule has 1 aliphatic rings. The second-order valence-corrected chi connectivity index (χ2v) is 6.40. The van der Waals surface area contributed by atoms with Gasteiger partial charge in [-0.3, -0.25) is 4.79 Å². The summed E-state index contributed by atoms with van der Waals surface area (Å²) in [6, 6.07) is -0.407. The number of ether oxygens (including phenoxy) is 1. The first-order chi connectivity index (χ1) is 7.90. The van der Waals surface area contributed by atoms with Gasteiger partial charge in [0.15, 0.2) is 0 Å². The molecule has 0 bridgehead atoms. The Labute approximate surface area is 105 Å². The lowest BCUT2D eigenvalue weighted by Gasteiger charge is -2.26.